The number of piperazine rings is 1. The third-order valence-electron chi connectivity index (χ3n) is 8.54. The summed E-state index contributed by atoms with van der Waals surface area (Å²) < 4.78 is 41.5. The Balaban J connectivity index is 1.57. The molecule has 0 bridgehead atoms. The maximum absolute atomic E-state index is 14.0. The van der Waals surface area contributed by atoms with E-state index < -0.39 is 23.5 Å². The number of alkyl halides is 3. The van der Waals surface area contributed by atoms with E-state index in [1.165, 1.54) is 16.7 Å². The summed E-state index contributed by atoms with van der Waals surface area (Å²) in [6.07, 6.45) is -1.38. The lowest BCUT2D eigenvalue weighted by Gasteiger charge is -2.49. The Morgan fingerprint density at radius 1 is 1.02 bits per heavy atom. The van der Waals surface area contributed by atoms with E-state index in [1.807, 2.05) is 23.6 Å². The number of benzene rings is 1. The zero-order valence-corrected chi connectivity index (χ0v) is 23.9. The lowest BCUT2D eigenvalue weighted by atomic mass is 9.94. The van der Waals surface area contributed by atoms with E-state index >= 15 is 0 Å². The number of amides is 1. The number of carbonyl (C=O) groups is 1. The first-order valence-electron chi connectivity index (χ1n) is 14.3. The van der Waals surface area contributed by atoms with Gasteiger partial charge in [-0.2, -0.15) is 23.4 Å². The number of nitrogens with zero attached hydrogens (tertiary/aromatic N) is 7. The molecule has 0 spiro atoms. The minimum atomic E-state index is -4.47. The van der Waals surface area contributed by atoms with E-state index in [-0.39, 0.29) is 23.7 Å². The number of rotatable bonds is 6. The average Bonchev–Trinajstić information content (AvgIpc) is 3.54. The van der Waals surface area contributed by atoms with Crippen molar-refractivity contribution in [1.82, 2.24) is 24.3 Å². The molecule has 2 aliphatic rings. The Hall–Kier alpha value is -3.98. The highest BCUT2D eigenvalue weighted by atomic mass is 19.4. The van der Waals surface area contributed by atoms with Crippen LogP contribution in [0.5, 0.6) is 0 Å². The number of hydrogen-bond acceptors (Lipinski definition) is 7. The van der Waals surface area contributed by atoms with Gasteiger partial charge in [-0.25, -0.2) is 9.78 Å². The molecule has 2 aromatic heterocycles. The molecule has 0 N–H and O–H groups in total. The maximum atomic E-state index is 14.0. The van der Waals surface area contributed by atoms with Gasteiger partial charge >= 0.3 is 11.9 Å². The largest absolute Gasteiger partial charge is 0.416 e. The van der Waals surface area contributed by atoms with E-state index in [1.54, 1.807) is 19.2 Å². The second-order valence-corrected chi connectivity index (χ2v) is 11.0. The number of likely N-dealkylation sites (tertiary alicyclic amines) is 1. The normalized spacial score (nSPS) is 20.6. The number of carbonyl (C=O) groups excluding carboxylic acids is 1. The molecule has 9 nitrogen and oxygen atoms in total. The van der Waals surface area contributed by atoms with E-state index in [0.29, 0.717) is 61.4 Å². The summed E-state index contributed by atoms with van der Waals surface area (Å²) in [7, 11) is 1.61. The number of aromatic nitrogens is 3. The highest BCUT2D eigenvalue weighted by molar-refractivity contribution is 5.87. The molecule has 2 saturated heterocycles. The van der Waals surface area contributed by atoms with Crippen LogP contribution in [0, 0.1) is 11.3 Å². The van der Waals surface area contributed by atoms with Crippen molar-refractivity contribution in [2.24, 2.45) is 7.05 Å². The SMILES string of the molecule is CC[C@H]1CN(C(C(=O)N2CCCC2)c2ccc(C(F)(F)F)cc2)[C@H](CC)CN1c1nc(=O)n(C)c2ccc(C#N)nc12. The summed E-state index contributed by atoms with van der Waals surface area (Å²) in [6, 6.07) is 9.15. The fraction of sp³-hybridized carbons (Fsp3) is 0.500. The lowest BCUT2D eigenvalue weighted by molar-refractivity contribution is -0.138. The van der Waals surface area contributed by atoms with E-state index in [0.717, 1.165) is 25.0 Å². The summed E-state index contributed by atoms with van der Waals surface area (Å²) in [5.74, 6) is 0.290. The topological polar surface area (TPSA) is 98.4 Å². The third-order valence-corrected chi connectivity index (χ3v) is 8.54. The lowest BCUT2D eigenvalue weighted by Crippen LogP contribution is -2.61. The second kappa shape index (κ2) is 11.7. The number of aryl methyl sites for hydroxylation is 1. The van der Waals surface area contributed by atoms with Gasteiger partial charge in [0.25, 0.3) is 0 Å². The van der Waals surface area contributed by atoms with Crippen LogP contribution in [0.2, 0.25) is 0 Å². The Bertz CT molecular complexity index is 1560. The minimum Gasteiger partial charge on any atom is -0.349 e. The number of hydrogen-bond donors (Lipinski definition) is 0. The van der Waals surface area contributed by atoms with Crippen molar-refractivity contribution in [2.45, 2.75) is 63.8 Å². The van der Waals surface area contributed by atoms with Gasteiger partial charge in [0.15, 0.2) is 5.82 Å². The van der Waals surface area contributed by atoms with E-state index in [9.17, 15) is 28.0 Å². The van der Waals surface area contributed by atoms with Gasteiger partial charge in [-0.3, -0.25) is 14.3 Å². The number of nitriles is 1. The fourth-order valence-electron chi connectivity index (χ4n) is 6.17. The molecule has 3 aromatic rings. The van der Waals surface area contributed by atoms with Crippen molar-refractivity contribution in [2.75, 3.05) is 31.1 Å². The van der Waals surface area contributed by atoms with Crippen molar-refractivity contribution in [3.63, 3.8) is 0 Å². The van der Waals surface area contributed by atoms with Gasteiger partial charge in [0.2, 0.25) is 5.91 Å². The summed E-state index contributed by atoms with van der Waals surface area (Å²) >= 11 is 0. The minimum absolute atomic E-state index is 0.105. The Kier molecular flexibility index (Phi) is 8.23. The molecule has 5 rings (SSSR count). The van der Waals surface area contributed by atoms with Crippen LogP contribution in [0.1, 0.15) is 62.4 Å². The molecule has 42 heavy (non-hydrogen) atoms. The Morgan fingerprint density at radius 3 is 2.29 bits per heavy atom. The molecule has 222 valence electrons. The van der Waals surface area contributed by atoms with Crippen LogP contribution in [-0.4, -0.2) is 68.5 Å². The number of fused-ring (bicyclic) bond motifs is 1. The average molecular weight is 582 g/mol. The van der Waals surface area contributed by atoms with Crippen LogP contribution < -0.4 is 10.6 Å². The van der Waals surface area contributed by atoms with Gasteiger partial charge < -0.3 is 9.80 Å². The standard InChI is InChI=1S/C30H34F3N7O2/c1-4-22-18-40(27-25-24(37(3)29(42)36-27)13-12-21(16-34)35-25)23(5-2)17-39(22)26(28(41)38-14-6-7-15-38)19-8-10-20(11-9-19)30(31,32)33/h8-13,22-23,26H,4-7,14-15,17-18H2,1-3H3/t22-,23+,26?/m1/s1. The van der Waals surface area contributed by atoms with Crippen LogP contribution in [0.15, 0.2) is 41.2 Å². The Labute approximate surface area is 242 Å². The summed E-state index contributed by atoms with van der Waals surface area (Å²) in [5.41, 5.74) is 0.545. The summed E-state index contributed by atoms with van der Waals surface area (Å²) in [6.45, 7) is 6.12. The summed E-state index contributed by atoms with van der Waals surface area (Å²) in [4.78, 5) is 41.8. The molecule has 1 unspecified atom stereocenters. The first-order chi connectivity index (χ1) is 20.1. The first-order valence-corrected chi connectivity index (χ1v) is 14.3. The van der Waals surface area contributed by atoms with Crippen molar-refractivity contribution in [3.05, 3.63) is 63.7 Å². The second-order valence-electron chi connectivity index (χ2n) is 11.0. The molecule has 0 saturated carbocycles. The monoisotopic (exact) mass is 581 g/mol. The predicted octanol–water partition coefficient (Wildman–Crippen LogP) is 4.26. The van der Waals surface area contributed by atoms with Crippen molar-refractivity contribution in [3.8, 4) is 6.07 Å². The molecule has 2 fully saturated rings. The molecule has 3 atom stereocenters. The molecular formula is C30H34F3N7O2. The third kappa shape index (κ3) is 5.45. The highest BCUT2D eigenvalue weighted by Crippen LogP contribution is 2.36. The number of pyridine rings is 1. The van der Waals surface area contributed by atoms with Crippen LogP contribution >= 0.6 is 0 Å². The molecule has 12 heteroatoms. The zero-order valence-electron chi connectivity index (χ0n) is 23.9. The van der Waals surface area contributed by atoms with Crippen LogP contribution in [0.4, 0.5) is 19.0 Å². The zero-order chi connectivity index (χ0) is 30.2. The quantitative estimate of drug-likeness (QED) is 0.429. The van der Waals surface area contributed by atoms with Gasteiger partial charge in [0.1, 0.15) is 23.3 Å². The fourth-order valence-corrected chi connectivity index (χ4v) is 6.17. The summed E-state index contributed by atoms with van der Waals surface area (Å²) in [5, 5.41) is 9.49. The number of halogens is 3. The van der Waals surface area contributed by atoms with Gasteiger partial charge in [-0.05, 0) is 55.5 Å². The van der Waals surface area contributed by atoms with E-state index in [2.05, 4.69) is 20.9 Å². The molecule has 2 aliphatic heterocycles. The van der Waals surface area contributed by atoms with Crippen LogP contribution in [0.25, 0.3) is 11.0 Å². The van der Waals surface area contributed by atoms with Gasteiger partial charge in [0, 0.05) is 45.3 Å². The predicted molar refractivity (Wildman–Crippen MR) is 152 cm³/mol. The molecule has 1 amide bonds. The van der Waals surface area contributed by atoms with Gasteiger partial charge in [-0.1, -0.05) is 26.0 Å². The maximum Gasteiger partial charge on any atom is 0.416 e. The van der Waals surface area contributed by atoms with E-state index in [4.69, 9.17) is 0 Å². The molecular weight excluding hydrogens is 547 g/mol. The van der Waals surface area contributed by atoms with Crippen molar-refractivity contribution in [1.29, 1.82) is 5.26 Å². The van der Waals surface area contributed by atoms with Crippen molar-refractivity contribution < 1.29 is 18.0 Å². The molecule has 0 aliphatic carbocycles. The van der Waals surface area contributed by atoms with Crippen LogP contribution in [0.3, 0.4) is 0 Å². The van der Waals surface area contributed by atoms with Gasteiger partial charge in [0.05, 0.1) is 11.1 Å². The molecule has 1 aromatic carbocycles. The van der Waals surface area contributed by atoms with Crippen LogP contribution in [-0.2, 0) is 18.0 Å². The molecule has 0 radical (unpaired) electrons. The molecule has 4 heterocycles. The van der Waals surface area contributed by atoms with Crippen molar-refractivity contribution >= 4 is 22.8 Å². The Morgan fingerprint density at radius 2 is 1.69 bits per heavy atom. The highest BCUT2D eigenvalue weighted by Gasteiger charge is 2.42. The smallest absolute Gasteiger partial charge is 0.349 e. The first kappa shape index (κ1) is 29.5. The number of anilines is 1. The van der Waals surface area contributed by atoms with Gasteiger partial charge in [-0.15, -0.1) is 0 Å².